The van der Waals surface area contributed by atoms with Gasteiger partial charge in [-0.3, -0.25) is 0 Å². The molecule has 0 saturated carbocycles. The first kappa shape index (κ1) is 39.9. The Morgan fingerprint density at radius 3 is 1.91 bits per heavy atom. The first-order valence-corrected chi connectivity index (χ1v) is 24.4. The molecule has 0 saturated heterocycles. The second-order valence-corrected chi connectivity index (χ2v) is 28.1. The van der Waals surface area contributed by atoms with Gasteiger partial charge in [-0.1, -0.05) is 13.3 Å². The summed E-state index contributed by atoms with van der Waals surface area (Å²) in [4.78, 5) is 7.21. The monoisotopic (exact) mass is 806 g/mol. The Kier molecular flexibility index (Phi) is 17.2. The van der Waals surface area contributed by atoms with E-state index >= 15 is 0 Å². The summed E-state index contributed by atoms with van der Waals surface area (Å²) in [6.45, 7) is 14.1. The molecule has 0 aliphatic carbocycles. The molecule has 256 valence electrons. The molecule has 4 aromatic rings. The Morgan fingerprint density at radius 1 is 0.766 bits per heavy atom. The zero-order valence-electron chi connectivity index (χ0n) is 28.9. The normalized spacial score (nSPS) is 12.6. The molecule has 4 rings (SSSR count). The summed E-state index contributed by atoms with van der Waals surface area (Å²) in [5.41, 5.74) is 6.55. The van der Waals surface area contributed by atoms with Crippen LogP contribution in [-0.4, -0.2) is 29.8 Å². The molecule has 47 heavy (non-hydrogen) atoms. The number of thioether (sulfide) groups is 1. The Balaban J connectivity index is 0.000000420. The van der Waals surface area contributed by atoms with Crippen LogP contribution in [0.4, 0.5) is 0 Å². The van der Waals surface area contributed by atoms with E-state index in [0.29, 0.717) is 33.4 Å². The molecule has 0 amide bonds. The van der Waals surface area contributed by atoms with Crippen molar-refractivity contribution in [1.82, 2.24) is 0 Å². The predicted molar refractivity (Wildman–Crippen MR) is 217 cm³/mol. The minimum atomic E-state index is -2.68. The molecule has 0 radical (unpaired) electrons. The van der Waals surface area contributed by atoms with Crippen LogP contribution in [0.25, 0.3) is 11.1 Å². The average Bonchev–Trinajstić information content (AvgIpc) is 3.05. The molecule has 8 heteroatoms. The number of benzene rings is 4. The molecule has 1 unspecified atom stereocenters. The molecular weight excluding hydrogens is 753 g/mol. The summed E-state index contributed by atoms with van der Waals surface area (Å²) in [5.74, 6) is 1.51. The van der Waals surface area contributed by atoms with Gasteiger partial charge in [-0.05, 0) is 36.4 Å². The molecule has 0 aliphatic heterocycles. The van der Waals surface area contributed by atoms with Gasteiger partial charge in [0.25, 0.3) is 0 Å². The molecule has 4 aromatic carbocycles. The van der Waals surface area contributed by atoms with E-state index in [2.05, 4.69) is 136 Å². The zero-order chi connectivity index (χ0) is 34.1. The summed E-state index contributed by atoms with van der Waals surface area (Å²) in [6, 6.07) is 33.1. The third kappa shape index (κ3) is 14.1. The van der Waals surface area contributed by atoms with Crippen LogP contribution < -0.4 is 5.30 Å². The predicted octanol–water partition coefficient (Wildman–Crippen LogP) is 12.4. The number of phenols is 1. The average molecular weight is 807 g/mol. The number of hydrogen-bond donors (Lipinski definition) is 1. The van der Waals surface area contributed by atoms with E-state index in [0.717, 1.165) is 17.5 Å². The van der Waals surface area contributed by atoms with Gasteiger partial charge in [0.2, 0.25) is 0 Å². The summed E-state index contributed by atoms with van der Waals surface area (Å²) < 4.78 is 9.53. The summed E-state index contributed by atoms with van der Waals surface area (Å²) in [6.07, 6.45) is 6.05. The van der Waals surface area contributed by atoms with Gasteiger partial charge in [-0.15, -0.1) is 11.8 Å². The van der Waals surface area contributed by atoms with E-state index < -0.39 is 4.47 Å². The molecule has 0 heterocycles. The van der Waals surface area contributed by atoms with Crippen LogP contribution >= 0.6 is 47.1 Å². The van der Waals surface area contributed by atoms with Crippen molar-refractivity contribution >= 4 is 52.4 Å². The molecule has 0 bridgehead atoms. The topological polar surface area (TPSA) is 47.9 Å². The molecule has 0 aliphatic rings. The van der Waals surface area contributed by atoms with E-state index in [1.54, 1.807) is 12.1 Å². The number of halogens is 1. The van der Waals surface area contributed by atoms with Crippen LogP contribution in [0.3, 0.4) is 0 Å². The van der Waals surface area contributed by atoms with Crippen molar-refractivity contribution in [1.29, 1.82) is 0 Å². The van der Waals surface area contributed by atoms with Crippen molar-refractivity contribution in [3.63, 3.8) is 0 Å². The number of rotatable bonds is 17. The fraction of sp³-hybridized carbons (Fsp3) is 0.385. The molecule has 1 atom stereocenters. The molecule has 4 nitrogen and oxygen atoms in total. The van der Waals surface area contributed by atoms with Crippen LogP contribution in [0.5, 0.6) is 5.75 Å². The molecule has 0 fully saturated rings. The first-order chi connectivity index (χ1) is 22.5. The van der Waals surface area contributed by atoms with Gasteiger partial charge in [0.15, 0.2) is 0 Å². The molecular formula is C39H53IO4P2S. The number of aromatic hydroxyl groups is 1. The van der Waals surface area contributed by atoms with E-state index in [1.807, 2.05) is 23.9 Å². The quantitative estimate of drug-likeness (QED) is 0.0288. The number of hydrogen-bond acceptors (Lipinski definition) is 5. The zero-order valence-corrected chi connectivity index (χ0v) is 33.7. The molecule has 0 spiro atoms. The Bertz CT molecular complexity index is 1470. The number of aryl methyl sites for hydroxylation is 1. The van der Waals surface area contributed by atoms with Crippen molar-refractivity contribution in [2.24, 2.45) is 0 Å². The maximum absolute atomic E-state index is 9.02. The van der Waals surface area contributed by atoms with E-state index in [1.165, 1.54) is 58.3 Å². The van der Waals surface area contributed by atoms with Crippen molar-refractivity contribution in [2.45, 2.75) is 83.6 Å². The second-order valence-electron chi connectivity index (χ2n) is 12.5. The van der Waals surface area contributed by atoms with Crippen molar-refractivity contribution < 1.29 is 19.2 Å². The van der Waals surface area contributed by atoms with Gasteiger partial charge in [-0.25, -0.2) is 0 Å². The van der Waals surface area contributed by atoms with Crippen LogP contribution in [0.1, 0.15) is 70.1 Å². The summed E-state index contributed by atoms with van der Waals surface area (Å²) in [7, 11) is 0.499. The fourth-order valence-corrected chi connectivity index (χ4v) is 9.02. The number of unbranched alkanes of at least 4 members (excludes halogenated alkanes) is 2. The van der Waals surface area contributed by atoms with Crippen LogP contribution in [-0.2, 0) is 33.7 Å². The van der Waals surface area contributed by atoms with Crippen molar-refractivity contribution in [3.05, 3.63) is 114 Å². The molecule has 1 N–H and O–H groups in total. The minimum absolute atomic E-state index is 0.342. The van der Waals surface area contributed by atoms with Gasteiger partial charge in [0, 0.05) is 4.90 Å². The van der Waals surface area contributed by atoms with Gasteiger partial charge in [0.1, 0.15) is 5.75 Å². The van der Waals surface area contributed by atoms with Gasteiger partial charge >= 0.3 is 228 Å². The van der Waals surface area contributed by atoms with Crippen molar-refractivity contribution in [2.75, 3.05) is 19.1 Å². The van der Waals surface area contributed by atoms with Gasteiger partial charge in [0.05, 0.1) is 0 Å². The SMILES string of the molecule is CCCCSc1ccc(O)cc1.CCCCc1ccc(P(C)(C)(I)OOCc2ccccc2-c2ccccc2COPC(C)C)cc1. The van der Waals surface area contributed by atoms with Gasteiger partial charge in [-0.2, -0.15) is 0 Å². The van der Waals surface area contributed by atoms with E-state index in [-0.39, 0.29) is 0 Å². The van der Waals surface area contributed by atoms with Gasteiger partial charge < -0.3 is 5.11 Å². The Hall–Kier alpha value is -1.50. The standard InChI is InChI=1S/C29H39IO3P2.C10H14OS/c1-6-7-12-24-17-19-27(20-18-24)35(4,5,30)33-31-21-25-13-8-10-15-28(25)29-16-11-9-14-26(29)22-32-34-23(2)3;1-2-3-8-12-10-6-4-9(11)5-7-10/h8-11,13-20,23,34H,6-7,12,21-22H2,1-5H3;4-7,11H,2-3,8H2,1H3. The van der Waals surface area contributed by atoms with Crippen LogP contribution in [0.2, 0.25) is 0 Å². The maximum atomic E-state index is 9.02. The van der Waals surface area contributed by atoms with Crippen molar-refractivity contribution in [3.8, 4) is 16.9 Å². The molecule has 0 aromatic heterocycles. The third-order valence-corrected chi connectivity index (χ3v) is 13.7. The van der Waals surface area contributed by atoms with Crippen LogP contribution in [0.15, 0.2) is 102 Å². The van der Waals surface area contributed by atoms with Crippen LogP contribution in [0, 0.1) is 0 Å². The third-order valence-electron chi connectivity index (χ3n) is 7.43. The Labute approximate surface area is 303 Å². The number of phenolic OH excluding ortho intramolecular Hbond substituents is 1. The first-order valence-electron chi connectivity index (χ1n) is 16.6. The summed E-state index contributed by atoms with van der Waals surface area (Å²) >= 11 is 4.31. The van der Waals surface area contributed by atoms with E-state index in [9.17, 15) is 0 Å². The Morgan fingerprint density at radius 2 is 1.34 bits per heavy atom. The summed E-state index contributed by atoms with van der Waals surface area (Å²) in [5, 5.41) is 10.2. The van der Waals surface area contributed by atoms with E-state index in [4.69, 9.17) is 19.2 Å². The second kappa shape index (κ2) is 20.2. The fourth-order valence-electron chi connectivity index (χ4n) is 4.72.